The third-order valence-corrected chi connectivity index (χ3v) is 3.58. The second-order valence-corrected chi connectivity index (χ2v) is 5.12. The summed E-state index contributed by atoms with van der Waals surface area (Å²) < 4.78 is 0. The summed E-state index contributed by atoms with van der Waals surface area (Å²) in [4.78, 5) is 26.8. The number of primary amides is 1. The van der Waals surface area contributed by atoms with Crippen molar-refractivity contribution in [3.63, 3.8) is 0 Å². The fourth-order valence-corrected chi connectivity index (χ4v) is 2.58. The molecule has 0 aliphatic heterocycles. The van der Waals surface area contributed by atoms with Crippen LogP contribution in [0.25, 0.3) is 0 Å². The first-order valence-electron chi connectivity index (χ1n) is 5.83. The van der Waals surface area contributed by atoms with Gasteiger partial charge in [0, 0.05) is 11.3 Å². The van der Waals surface area contributed by atoms with Gasteiger partial charge in [0.15, 0.2) is 5.13 Å². The Bertz CT molecular complexity index is 481. The van der Waals surface area contributed by atoms with Gasteiger partial charge in [-0.1, -0.05) is 12.2 Å². The van der Waals surface area contributed by atoms with Crippen LogP contribution in [-0.4, -0.2) is 16.8 Å². The van der Waals surface area contributed by atoms with Crippen LogP contribution in [0, 0.1) is 5.92 Å². The number of anilines is 1. The Kier molecular flexibility index (Phi) is 4.09. The summed E-state index contributed by atoms with van der Waals surface area (Å²) in [5.41, 5.74) is 5.69. The highest BCUT2D eigenvalue weighted by Crippen LogP contribution is 2.22. The maximum absolute atomic E-state index is 11.9. The maximum Gasteiger partial charge on any atom is 0.229 e. The van der Waals surface area contributed by atoms with Gasteiger partial charge in [0.1, 0.15) is 0 Å². The molecule has 0 fully saturated rings. The van der Waals surface area contributed by atoms with Gasteiger partial charge in [-0.05, 0) is 19.3 Å². The van der Waals surface area contributed by atoms with Crippen molar-refractivity contribution in [2.75, 3.05) is 5.32 Å². The number of carbonyl (C=O) groups excluding carboxylic acids is 2. The van der Waals surface area contributed by atoms with Crippen LogP contribution in [0.1, 0.15) is 25.0 Å². The third kappa shape index (κ3) is 3.40. The summed E-state index contributed by atoms with van der Waals surface area (Å²) in [6.45, 7) is 0. The summed E-state index contributed by atoms with van der Waals surface area (Å²) >= 11 is 1.32. The molecule has 5 nitrogen and oxygen atoms in total. The first-order valence-corrected chi connectivity index (χ1v) is 6.71. The zero-order valence-electron chi connectivity index (χ0n) is 9.89. The van der Waals surface area contributed by atoms with E-state index in [0.717, 1.165) is 19.3 Å². The average Bonchev–Trinajstić information content (AvgIpc) is 2.76. The molecule has 0 saturated heterocycles. The molecule has 0 radical (unpaired) electrons. The van der Waals surface area contributed by atoms with Gasteiger partial charge in [0.2, 0.25) is 11.8 Å². The van der Waals surface area contributed by atoms with Gasteiger partial charge in [-0.15, -0.1) is 11.3 Å². The monoisotopic (exact) mass is 265 g/mol. The van der Waals surface area contributed by atoms with Crippen LogP contribution in [-0.2, 0) is 16.0 Å². The predicted molar refractivity (Wildman–Crippen MR) is 70.1 cm³/mol. The molecule has 0 saturated carbocycles. The van der Waals surface area contributed by atoms with E-state index in [1.807, 2.05) is 6.08 Å². The molecule has 2 rings (SSSR count). The Morgan fingerprint density at radius 1 is 1.50 bits per heavy atom. The number of aromatic nitrogens is 1. The number of rotatable bonds is 4. The standard InChI is InChI=1S/C12H15N3O2S/c13-10(16)6-9-7-18-12(14-9)15-11(17)8-4-2-1-3-5-8/h1-2,7-8H,3-6H2,(H2,13,16)(H,14,15,17). The van der Waals surface area contributed by atoms with Gasteiger partial charge < -0.3 is 11.1 Å². The molecular weight excluding hydrogens is 250 g/mol. The normalized spacial score (nSPS) is 18.6. The average molecular weight is 265 g/mol. The van der Waals surface area contributed by atoms with Crippen LogP contribution in [0.4, 0.5) is 5.13 Å². The van der Waals surface area contributed by atoms with Crippen LogP contribution in [0.3, 0.4) is 0 Å². The maximum atomic E-state index is 11.9. The molecular formula is C12H15N3O2S. The molecule has 1 heterocycles. The van der Waals surface area contributed by atoms with Crippen LogP contribution in [0.5, 0.6) is 0 Å². The second-order valence-electron chi connectivity index (χ2n) is 4.26. The van der Waals surface area contributed by atoms with Crippen molar-refractivity contribution in [2.45, 2.75) is 25.7 Å². The number of amides is 2. The number of carbonyl (C=O) groups is 2. The Balaban J connectivity index is 1.92. The lowest BCUT2D eigenvalue weighted by molar-refractivity contribution is -0.120. The van der Waals surface area contributed by atoms with E-state index in [4.69, 9.17) is 5.73 Å². The highest BCUT2D eigenvalue weighted by atomic mass is 32.1. The molecule has 6 heteroatoms. The number of thiazole rings is 1. The predicted octanol–water partition coefficient (Wildman–Crippen LogP) is 1.47. The van der Waals surface area contributed by atoms with Crippen molar-refractivity contribution < 1.29 is 9.59 Å². The van der Waals surface area contributed by atoms with Crippen LogP contribution >= 0.6 is 11.3 Å². The van der Waals surface area contributed by atoms with E-state index >= 15 is 0 Å². The van der Waals surface area contributed by atoms with Crippen molar-refractivity contribution in [1.29, 1.82) is 0 Å². The van der Waals surface area contributed by atoms with Crippen molar-refractivity contribution in [1.82, 2.24) is 4.98 Å². The highest BCUT2D eigenvalue weighted by Gasteiger charge is 2.19. The zero-order valence-corrected chi connectivity index (χ0v) is 10.7. The lowest BCUT2D eigenvalue weighted by Crippen LogP contribution is -2.23. The van der Waals surface area contributed by atoms with Gasteiger partial charge in [0.05, 0.1) is 12.1 Å². The molecule has 1 unspecified atom stereocenters. The lowest BCUT2D eigenvalue weighted by Gasteiger charge is -2.15. The molecule has 96 valence electrons. The molecule has 0 aromatic carbocycles. The van der Waals surface area contributed by atoms with E-state index in [0.29, 0.717) is 10.8 Å². The zero-order chi connectivity index (χ0) is 13.0. The van der Waals surface area contributed by atoms with Gasteiger partial charge in [0.25, 0.3) is 0 Å². The largest absolute Gasteiger partial charge is 0.369 e. The van der Waals surface area contributed by atoms with Crippen LogP contribution in [0.15, 0.2) is 17.5 Å². The number of nitrogens with zero attached hydrogens (tertiary/aromatic N) is 1. The lowest BCUT2D eigenvalue weighted by atomic mass is 9.94. The van der Waals surface area contributed by atoms with E-state index < -0.39 is 5.91 Å². The smallest absolute Gasteiger partial charge is 0.229 e. The minimum Gasteiger partial charge on any atom is -0.369 e. The van der Waals surface area contributed by atoms with E-state index in [9.17, 15) is 9.59 Å². The van der Waals surface area contributed by atoms with Gasteiger partial charge in [-0.3, -0.25) is 9.59 Å². The first kappa shape index (κ1) is 12.8. The molecule has 1 atom stereocenters. The number of hydrogen-bond acceptors (Lipinski definition) is 4. The first-order chi connectivity index (χ1) is 8.65. The third-order valence-electron chi connectivity index (χ3n) is 2.78. The molecule has 0 spiro atoms. The minimum atomic E-state index is -0.421. The van der Waals surface area contributed by atoms with Gasteiger partial charge >= 0.3 is 0 Å². The van der Waals surface area contributed by atoms with E-state index in [2.05, 4.69) is 16.4 Å². The number of nitrogens with one attached hydrogen (secondary N) is 1. The Labute approximate surface area is 109 Å². The summed E-state index contributed by atoms with van der Waals surface area (Å²) in [7, 11) is 0. The SMILES string of the molecule is NC(=O)Cc1csc(NC(=O)C2CC=CCC2)n1. The van der Waals surface area contributed by atoms with Crippen molar-refractivity contribution in [3.8, 4) is 0 Å². The van der Waals surface area contributed by atoms with Crippen molar-refractivity contribution in [3.05, 3.63) is 23.2 Å². The van der Waals surface area contributed by atoms with Crippen LogP contribution in [0.2, 0.25) is 0 Å². The Hall–Kier alpha value is -1.69. The second kappa shape index (κ2) is 5.77. The molecule has 1 aromatic heterocycles. The summed E-state index contributed by atoms with van der Waals surface area (Å²) in [6.07, 6.45) is 6.85. The van der Waals surface area contributed by atoms with E-state index in [-0.39, 0.29) is 18.2 Å². The molecule has 1 aliphatic carbocycles. The molecule has 2 amide bonds. The quantitative estimate of drug-likeness (QED) is 0.808. The van der Waals surface area contributed by atoms with Crippen LogP contribution < -0.4 is 11.1 Å². The minimum absolute atomic E-state index is 0.000625. The Morgan fingerprint density at radius 3 is 3.00 bits per heavy atom. The Morgan fingerprint density at radius 2 is 2.33 bits per heavy atom. The highest BCUT2D eigenvalue weighted by molar-refractivity contribution is 7.13. The summed E-state index contributed by atoms with van der Waals surface area (Å²) in [6, 6.07) is 0. The van der Waals surface area contributed by atoms with Crippen molar-refractivity contribution in [2.24, 2.45) is 11.7 Å². The van der Waals surface area contributed by atoms with Gasteiger partial charge in [-0.25, -0.2) is 4.98 Å². The van der Waals surface area contributed by atoms with E-state index in [1.54, 1.807) is 5.38 Å². The topological polar surface area (TPSA) is 85.1 Å². The summed E-state index contributed by atoms with van der Waals surface area (Å²) in [5, 5.41) is 5.06. The number of allylic oxidation sites excluding steroid dienone is 2. The fourth-order valence-electron chi connectivity index (χ4n) is 1.86. The molecule has 1 aliphatic rings. The summed E-state index contributed by atoms with van der Waals surface area (Å²) in [5.74, 6) is -0.395. The molecule has 1 aromatic rings. The molecule has 0 bridgehead atoms. The number of hydrogen-bond donors (Lipinski definition) is 2. The number of nitrogens with two attached hydrogens (primary N) is 1. The molecule has 18 heavy (non-hydrogen) atoms. The fraction of sp³-hybridized carbons (Fsp3) is 0.417. The molecule has 3 N–H and O–H groups in total. The van der Waals surface area contributed by atoms with Crippen molar-refractivity contribution >= 4 is 28.3 Å². The van der Waals surface area contributed by atoms with E-state index in [1.165, 1.54) is 11.3 Å². The van der Waals surface area contributed by atoms with Gasteiger partial charge in [-0.2, -0.15) is 0 Å².